The summed E-state index contributed by atoms with van der Waals surface area (Å²) < 4.78 is 25.4. The lowest BCUT2D eigenvalue weighted by atomic mass is 10.3. The Balaban J connectivity index is 0.00000320. The van der Waals surface area contributed by atoms with E-state index in [1.165, 1.54) is 28.9 Å². The topological polar surface area (TPSA) is 70.6 Å². The predicted molar refractivity (Wildman–Crippen MR) is 131 cm³/mol. The number of halogens is 2. The molecule has 0 fully saturated rings. The van der Waals surface area contributed by atoms with Gasteiger partial charge in [0, 0.05) is 19.3 Å². The van der Waals surface area contributed by atoms with Gasteiger partial charge in [-0.25, -0.2) is 13.4 Å². The summed E-state index contributed by atoms with van der Waals surface area (Å²) in [6, 6.07) is 8.54. The van der Waals surface area contributed by atoms with Gasteiger partial charge in [-0.15, -0.1) is 23.7 Å². The third kappa shape index (κ3) is 5.80. The van der Waals surface area contributed by atoms with Crippen LogP contribution in [0.2, 0.25) is 0 Å². The molecule has 1 aromatic carbocycles. The fourth-order valence-corrected chi connectivity index (χ4v) is 5.95. The zero-order valence-electron chi connectivity index (χ0n) is 16.8. The molecule has 3 aromatic rings. The molecule has 11 heteroatoms. The van der Waals surface area contributed by atoms with Crippen LogP contribution in [0.25, 0.3) is 10.2 Å². The van der Waals surface area contributed by atoms with Gasteiger partial charge in [0.25, 0.3) is 5.91 Å². The van der Waals surface area contributed by atoms with Crippen LogP contribution in [0.3, 0.4) is 0 Å². The molecule has 0 radical (unpaired) electrons. The molecule has 0 aliphatic rings. The van der Waals surface area contributed by atoms with Gasteiger partial charge in [-0.2, -0.15) is 0 Å². The Labute approximate surface area is 199 Å². The van der Waals surface area contributed by atoms with Crippen molar-refractivity contribution in [3.05, 3.63) is 39.0 Å². The molecule has 0 saturated carbocycles. The number of carbonyl (C=O) groups is 1. The molecule has 0 saturated heterocycles. The Morgan fingerprint density at radius 3 is 2.37 bits per heavy atom. The van der Waals surface area contributed by atoms with Gasteiger partial charge in [0.1, 0.15) is 0 Å². The summed E-state index contributed by atoms with van der Waals surface area (Å²) in [7, 11) is -3.30. The molecule has 3 rings (SSSR count). The molecular weight excluding hydrogens is 530 g/mol. The van der Waals surface area contributed by atoms with E-state index in [-0.39, 0.29) is 23.2 Å². The van der Waals surface area contributed by atoms with Crippen LogP contribution in [0, 0.1) is 0 Å². The van der Waals surface area contributed by atoms with Crippen LogP contribution in [0.5, 0.6) is 0 Å². The number of thiazole rings is 1. The number of sulfone groups is 1. The Morgan fingerprint density at radius 1 is 1.10 bits per heavy atom. The second kappa shape index (κ2) is 10.5. The number of benzene rings is 1. The van der Waals surface area contributed by atoms with Crippen LogP contribution in [0.1, 0.15) is 23.5 Å². The number of hydrogen-bond acceptors (Lipinski definition) is 7. The molecule has 6 nitrogen and oxygen atoms in total. The van der Waals surface area contributed by atoms with Gasteiger partial charge in [-0.3, -0.25) is 9.69 Å². The fourth-order valence-electron chi connectivity index (χ4n) is 2.87. The lowest BCUT2D eigenvalue weighted by Gasteiger charge is -2.24. The lowest BCUT2D eigenvalue weighted by molar-refractivity contribution is 0.0987. The molecule has 0 aliphatic carbocycles. The summed E-state index contributed by atoms with van der Waals surface area (Å²) in [4.78, 5) is 22.7. The molecule has 0 aliphatic heterocycles. The first kappa shape index (κ1) is 25.2. The van der Waals surface area contributed by atoms with E-state index in [2.05, 4.69) is 39.7 Å². The Morgan fingerprint density at radius 2 is 1.80 bits per heavy atom. The number of amides is 1. The van der Waals surface area contributed by atoms with E-state index in [0.29, 0.717) is 22.1 Å². The predicted octanol–water partition coefficient (Wildman–Crippen LogP) is 4.93. The van der Waals surface area contributed by atoms with Crippen LogP contribution in [0.15, 0.2) is 39.0 Å². The van der Waals surface area contributed by atoms with Gasteiger partial charge in [-0.1, -0.05) is 25.2 Å². The Kier molecular flexibility index (Phi) is 8.84. The number of thiophene rings is 1. The number of hydrogen-bond donors (Lipinski definition) is 0. The number of carbonyl (C=O) groups excluding carboxylic acids is 1. The van der Waals surface area contributed by atoms with Gasteiger partial charge in [-0.05, 0) is 59.4 Å². The number of fused-ring (bicyclic) bond motifs is 1. The van der Waals surface area contributed by atoms with Crippen molar-refractivity contribution in [3.8, 4) is 0 Å². The first-order chi connectivity index (χ1) is 13.7. The van der Waals surface area contributed by atoms with E-state index in [4.69, 9.17) is 0 Å². The quantitative estimate of drug-likeness (QED) is 0.396. The summed E-state index contributed by atoms with van der Waals surface area (Å²) in [6.45, 7) is 7.23. The SMILES string of the molecule is CCN(CC)CCN(C(=O)c1ccc(Br)s1)c1nc2ccc(S(C)(=O)=O)cc2s1.Cl. The highest BCUT2D eigenvalue weighted by molar-refractivity contribution is 9.11. The van der Waals surface area contributed by atoms with E-state index >= 15 is 0 Å². The number of rotatable bonds is 8. The fraction of sp³-hybridized carbons (Fsp3) is 0.368. The summed E-state index contributed by atoms with van der Waals surface area (Å²) >= 11 is 6.14. The zero-order valence-corrected chi connectivity index (χ0v) is 21.6. The van der Waals surface area contributed by atoms with Crippen LogP contribution >= 0.6 is 51.0 Å². The Bertz CT molecular complexity index is 1130. The molecule has 0 unspecified atom stereocenters. The van der Waals surface area contributed by atoms with Crippen molar-refractivity contribution in [1.82, 2.24) is 9.88 Å². The summed E-state index contributed by atoms with van der Waals surface area (Å²) in [5.74, 6) is -0.102. The van der Waals surface area contributed by atoms with E-state index in [9.17, 15) is 13.2 Å². The van der Waals surface area contributed by atoms with Crippen molar-refractivity contribution in [2.24, 2.45) is 0 Å². The first-order valence-corrected chi connectivity index (χ1v) is 13.4. The molecule has 0 spiro atoms. The monoisotopic (exact) mass is 551 g/mol. The smallest absolute Gasteiger partial charge is 0.270 e. The maximum absolute atomic E-state index is 13.2. The average molecular weight is 553 g/mol. The molecule has 0 bridgehead atoms. The minimum atomic E-state index is -3.30. The molecule has 0 N–H and O–H groups in total. The minimum absolute atomic E-state index is 0. The third-order valence-corrected chi connectivity index (χ3v) is 8.33. The Hall–Kier alpha value is -1.04. The van der Waals surface area contributed by atoms with Crippen LogP contribution in [-0.2, 0) is 9.84 Å². The highest BCUT2D eigenvalue weighted by atomic mass is 79.9. The standard InChI is InChI=1S/C19H22BrN3O3S3.ClH/c1-4-22(5-2)10-11-23(18(24)15-8-9-17(20)27-15)19-21-14-7-6-13(29(3,25)26)12-16(14)28-19;/h6-9,12H,4-5,10-11H2,1-3H3;1H. The second-order valence-electron chi connectivity index (χ2n) is 6.49. The van der Waals surface area contributed by atoms with E-state index < -0.39 is 9.84 Å². The number of nitrogens with zero attached hydrogens (tertiary/aromatic N) is 3. The van der Waals surface area contributed by atoms with Gasteiger partial charge >= 0.3 is 0 Å². The van der Waals surface area contributed by atoms with Crippen LogP contribution in [0.4, 0.5) is 5.13 Å². The zero-order chi connectivity index (χ0) is 21.2. The maximum Gasteiger partial charge on any atom is 0.270 e. The van der Waals surface area contributed by atoms with Gasteiger partial charge in [0.15, 0.2) is 15.0 Å². The van der Waals surface area contributed by atoms with Crippen molar-refractivity contribution in [2.75, 3.05) is 37.3 Å². The number of likely N-dealkylation sites (N-methyl/N-ethyl adjacent to an activating group) is 1. The van der Waals surface area contributed by atoms with E-state index in [1.54, 1.807) is 29.2 Å². The van der Waals surface area contributed by atoms with Crippen molar-refractivity contribution in [3.63, 3.8) is 0 Å². The van der Waals surface area contributed by atoms with Crippen molar-refractivity contribution >= 4 is 82.1 Å². The van der Waals surface area contributed by atoms with Gasteiger partial charge in [0.05, 0.1) is 23.8 Å². The van der Waals surface area contributed by atoms with Crippen molar-refractivity contribution < 1.29 is 13.2 Å². The molecule has 164 valence electrons. The first-order valence-electron chi connectivity index (χ1n) is 9.13. The molecule has 2 aromatic heterocycles. The van der Waals surface area contributed by atoms with E-state index in [1.807, 2.05) is 6.07 Å². The van der Waals surface area contributed by atoms with E-state index in [0.717, 1.165) is 28.1 Å². The molecular formula is C19H23BrClN3O3S3. The second-order valence-corrected chi connectivity index (χ2v) is 12.0. The summed E-state index contributed by atoms with van der Waals surface area (Å²) in [5, 5.41) is 0.576. The van der Waals surface area contributed by atoms with Crippen LogP contribution in [-0.4, -0.2) is 56.6 Å². The van der Waals surface area contributed by atoms with Crippen molar-refractivity contribution in [1.29, 1.82) is 0 Å². The molecule has 30 heavy (non-hydrogen) atoms. The lowest BCUT2D eigenvalue weighted by Crippen LogP contribution is -2.38. The average Bonchev–Trinajstić information content (AvgIpc) is 3.29. The third-order valence-electron chi connectivity index (χ3n) is 4.57. The normalized spacial score (nSPS) is 11.6. The summed E-state index contributed by atoms with van der Waals surface area (Å²) in [6.07, 6.45) is 1.19. The number of aromatic nitrogens is 1. The highest BCUT2D eigenvalue weighted by Crippen LogP contribution is 2.32. The highest BCUT2D eigenvalue weighted by Gasteiger charge is 2.23. The maximum atomic E-state index is 13.2. The minimum Gasteiger partial charge on any atom is -0.302 e. The largest absolute Gasteiger partial charge is 0.302 e. The van der Waals surface area contributed by atoms with Gasteiger partial charge < -0.3 is 4.90 Å². The summed E-state index contributed by atoms with van der Waals surface area (Å²) in [5.41, 5.74) is 0.686. The molecule has 2 heterocycles. The molecule has 0 atom stereocenters. The van der Waals surface area contributed by atoms with Crippen LogP contribution < -0.4 is 4.90 Å². The van der Waals surface area contributed by atoms with Gasteiger partial charge in [0.2, 0.25) is 0 Å². The number of anilines is 1. The van der Waals surface area contributed by atoms with Crippen molar-refractivity contribution in [2.45, 2.75) is 18.7 Å². The molecule has 1 amide bonds.